The molecule has 0 aliphatic carbocycles. The highest BCUT2D eigenvalue weighted by Crippen LogP contribution is 2.32. The first kappa shape index (κ1) is 13.6. The number of nitrogens with zero attached hydrogens (tertiary/aromatic N) is 4. The Morgan fingerprint density at radius 1 is 1.33 bits per heavy atom. The summed E-state index contributed by atoms with van der Waals surface area (Å²) in [5, 5.41) is 9.97. The Morgan fingerprint density at radius 3 is 2.81 bits per heavy atom. The highest BCUT2D eigenvalue weighted by Gasteiger charge is 2.19. The Morgan fingerprint density at radius 2 is 2.10 bits per heavy atom. The Balaban J connectivity index is 2.25. The second-order valence-corrected chi connectivity index (χ2v) is 5.50. The fourth-order valence-electron chi connectivity index (χ4n) is 2.37. The van der Waals surface area contributed by atoms with Crippen LogP contribution in [0.25, 0.3) is 11.0 Å². The second-order valence-electron chi connectivity index (χ2n) is 4.75. The molecule has 104 valence electrons. The van der Waals surface area contributed by atoms with Gasteiger partial charge in [0.2, 0.25) is 0 Å². The topological polar surface area (TPSA) is 80.5 Å². The summed E-state index contributed by atoms with van der Waals surface area (Å²) in [6, 6.07) is 10.3. The van der Waals surface area contributed by atoms with Gasteiger partial charge in [-0.3, -0.25) is 0 Å². The molecule has 0 saturated carbocycles. The normalized spacial score (nSPS) is 10.7. The van der Waals surface area contributed by atoms with Crippen LogP contribution in [0, 0.1) is 18.3 Å². The summed E-state index contributed by atoms with van der Waals surface area (Å²) in [7, 11) is 0. The van der Waals surface area contributed by atoms with Crippen molar-refractivity contribution in [2.75, 3.05) is 5.73 Å². The number of aryl methyl sites for hydroxylation is 1. The van der Waals surface area contributed by atoms with Crippen LogP contribution in [0.1, 0.15) is 16.7 Å². The zero-order chi connectivity index (χ0) is 15.0. The van der Waals surface area contributed by atoms with Crippen LogP contribution in [-0.2, 0) is 6.54 Å². The lowest BCUT2D eigenvalue weighted by molar-refractivity contribution is 0.798. The summed E-state index contributed by atoms with van der Waals surface area (Å²) < 4.78 is 2.62. The van der Waals surface area contributed by atoms with Gasteiger partial charge in [0.05, 0.1) is 17.5 Å². The number of nitrogen functional groups attached to an aromatic ring is 1. The molecular weight excluding hydrogens is 330 g/mol. The smallest absolute Gasteiger partial charge is 0.148 e. The molecule has 0 radical (unpaired) electrons. The van der Waals surface area contributed by atoms with Crippen LogP contribution in [0.4, 0.5) is 5.82 Å². The molecule has 2 heterocycles. The van der Waals surface area contributed by atoms with Gasteiger partial charge in [0, 0.05) is 0 Å². The van der Waals surface area contributed by atoms with E-state index in [1.807, 2.05) is 16.7 Å². The maximum absolute atomic E-state index is 9.37. The first-order valence-electron chi connectivity index (χ1n) is 6.36. The van der Waals surface area contributed by atoms with Crippen LogP contribution >= 0.6 is 15.9 Å². The summed E-state index contributed by atoms with van der Waals surface area (Å²) in [5.41, 5.74) is 9.38. The highest BCUT2D eigenvalue weighted by atomic mass is 79.9. The highest BCUT2D eigenvalue weighted by molar-refractivity contribution is 9.10. The Bertz CT molecular complexity index is 876. The van der Waals surface area contributed by atoms with E-state index in [4.69, 9.17) is 5.73 Å². The van der Waals surface area contributed by atoms with Crippen LogP contribution in [0.5, 0.6) is 0 Å². The molecule has 0 amide bonds. The molecule has 0 saturated heterocycles. The number of anilines is 1. The van der Waals surface area contributed by atoms with Crippen molar-refractivity contribution >= 4 is 32.8 Å². The molecule has 0 fully saturated rings. The molecule has 0 spiro atoms. The van der Waals surface area contributed by atoms with Crippen molar-refractivity contribution in [2.45, 2.75) is 13.5 Å². The third kappa shape index (κ3) is 2.16. The molecule has 5 nitrogen and oxygen atoms in total. The molecule has 0 bridgehead atoms. The fraction of sp³-hybridized carbons (Fsp3) is 0.133. The molecular formula is C15H12BrN5. The number of nitriles is 1. The molecule has 0 aliphatic rings. The third-order valence-electron chi connectivity index (χ3n) is 3.51. The molecule has 2 N–H and O–H groups in total. The van der Waals surface area contributed by atoms with Crippen molar-refractivity contribution in [3.8, 4) is 6.07 Å². The van der Waals surface area contributed by atoms with Crippen molar-refractivity contribution in [2.24, 2.45) is 0 Å². The van der Waals surface area contributed by atoms with Gasteiger partial charge in [-0.15, -0.1) is 0 Å². The Hall–Kier alpha value is -2.39. The van der Waals surface area contributed by atoms with E-state index in [0.717, 1.165) is 5.56 Å². The number of fused-ring (bicyclic) bond motifs is 1. The van der Waals surface area contributed by atoms with Crippen LogP contribution in [0.15, 0.2) is 35.2 Å². The lowest BCUT2D eigenvalue weighted by atomic mass is 10.1. The Labute approximate surface area is 130 Å². The lowest BCUT2D eigenvalue weighted by Gasteiger charge is -2.09. The number of benzene rings is 1. The minimum absolute atomic E-state index is 0.320. The first-order chi connectivity index (χ1) is 10.1. The fourth-order valence-corrected chi connectivity index (χ4v) is 2.95. The molecule has 0 aliphatic heterocycles. The third-order valence-corrected chi connectivity index (χ3v) is 4.33. The molecule has 1 aromatic carbocycles. The van der Waals surface area contributed by atoms with Crippen molar-refractivity contribution in [3.63, 3.8) is 0 Å². The molecule has 3 aromatic rings. The standard InChI is InChI=1S/C15H12BrN5/c1-9-4-2-3-5-10(9)7-21-13(16)11(6-17)12-14(18)19-8-20-15(12)21/h2-5,8H,7H2,1H3,(H2,18,19,20). The van der Waals surface area contributed by atoms with Crippen molar-refractivity contribution in [3.05, 3.63) is 51.9 Å². The van der Waals surface area contributed by atoms with Gasteiger partial charge in [-0.1, -0.05) is 24.3 Å². The van der Waals surface area contributed by atoms with Gasteiger partial charge in [0.25, 0.3) is 0 Å². The van der Waals surface area contributed by atoms with E-state index in [1.54, 1.807) is 0 Å². The van der Waals surface area contributed by atoms with Crippen LogP contribution in [0.3, 0.4) is 0 Å². The predicted molar refractivity (Wildman–Crippen MR) is 84.6 cm³/mol. The van der Waals surface area contributed by atoms with E-state index in [9.17, 15) is 5.26 Å². The van der Waals surface area contributed by atoms with E-state index in [-0.39, 0.29) is 0 Å². The molecule has 0 unspecified atom stereocenters. The van der Waals surface area contributed by atoms with Crippen molar-refractivity contribution in [1.29, 1.82) is 5.26 Å². The van der Waals surface area contributed by atoms with E-state index in [0.29, 0.717) is 33.6 Å². The maximum atomic E-state index is 9.37. The lowest BCUT2D eigenvalue weighted by Crippen LogP contribution is -2.03. The van der Waals surface area contributed by atoms with Crippen LogP contribution in [0.2, 0.25) is 0 Å². The van der Waals surface area contributed by atoms with Gasteiger partial charge < -0.3 is 10.3 Å². The number of hydrogen-bond donors (Lipinski definition) is 1. The van der Waals surface area contributed by atoms with Gasteiger partial charge in [-0.25, -0.2) is 9.97 Å². The summed E-state index contributed by atoms with van der Waals surface area (Å²) >= 11 is 3.49. The second kappa shape index (κ2) is 5.19. The monoisotopic (exact) mass is 341 g/mol. The molecule has 2 aromatic heterocycles. The van der Waals surface area contributed by atoms with Crippen molar-refractivity contribution < 1.29 is 0 Å². The number of aromatic nitrogens is 3. The molecule has 3 rings (SSSR count). The largest absolute Gasteiger partial charge is 0.383 e. The predicted octanol–water partition coefficient (Wildman–Crippen LogP) is 3.00. The first-order valence-corrected chi connectivity index (χ1v) is 7.15. The summed E-state index contributed by atoms with van der Waals surface area (Å²) in [6.07, 6.45) is 1.42. The molecule has 6 heteroatoms. The number of hydrogen-bond acceptors (Lipinski definition) is 4. The minimum atomic E-state index is 0.320. The summed E-state index contributed by atoms with van der Waals surface area (Å²) in [6.45, 7) is 2.67. The zero-order valence-electron chi connectivity index (χ0n) is 11.3. The average molecular weight is 342 g/mol. The van der Waals surface area contributed by atoms with Gasteiger partial charge in [-0.2, -0.15) is 5.26 Å². The average Bonchev–Trinajstić information content (AvgIpc) is 2.75. The van der Waals surface area contributed by atoms with E-state index in [1.165, 1.54) is 11.9 Å². The quantitative estimate of drug-likeness (QED) is 0.776. The Kier molecular flexibility index (Phi) is 3.35. The SMILES string of the molecule is Cc1ccccc1Cn1c(Br)c(C#N)c2c(N)ncnc21. The van der Waals surface area contributed by atoms with E-state index >= 15 is 0 Å². The van der Waals surface area contributed by atoms with E-state index in [2.05, 4.69) is 51.0 Å². The number of halogens is 1. The molecule has 0 atom stereocenters. The zero-order valence-corrected chi connectivity index (χ0v) is 12.9. The summed E-state index contributed by atoms with van der Waals surface area (Å²) in [5.74, 6) is 0.320. The number of nitrogens with two attached hydrogens (primary N) is 1. The van der Waals surface area contributed by atoms with Gasteiger partial charge in [0.15, 0.2) is 0 Å². The van der Waals surface area contributed by atoms with Gasteiger partial charge in [-0.05, 0) is 34.0 Å². The summed E-state index contributed by atoms with van der Waals surface area (Å²) in [4.78, 5) is 8.26. The minimum Gasteiger partial charge on any atom is -0.383 e. The van der Waals surface area contributed by atoms with Crippen LogP contribution < -0.4 is 5.73 Å². The number of rotatable bonds is 2. The van der Waals surface area contributed by atoms with E-state index < -0.39 is 0 Å². The van der Waals surface area contributed by atoms with Crippen LogP contribution in [-0.4, -0.2) is 14.5 Å². The maximum Gasteiger partial charge on any atom is 0.148 e. The van der Waals surface area contributed by atoms with Gasteiger partial charge in [0.1, 0.15) is 28.5 Å². The van der Waals surface area contributed by atoms with Gasteiger partial charge >= 0.3 is 0 Å². The van der Waals surface area contributed by atoms with Crippen molar-refractivity contribution in [1.82, 2.24) is 14.5 Å². The molecule has 21 heavy (non-hydrogen) atoms.